The highest BCUT2D eigenvalue weighted by molar-refractivity contribution is 4.98. The van der Waals surface area contributed by atoms with Crippen LogP contribution >= 0.6 is 0 Å². The largest absolute Gasteiger partial charge is 0.394 e. The molecular weight excluding hydrogens is 412 g/mol. The summed E-state index contributed by atoms with van der Waals surface area (Å²) in [6, 6.07) is 0. The van der Waals surface area contributed by atoms with Gasteiger partial charge in [0.15, 0.2) is 6.29 Å². The average Bonchev–Trinajstić information content (AvgIpc) is 2.74. The van der Waals surface area contributed by atoms with Crippen molar-refractivity contribution in [1.29, 1.82) is 0 Å². The van der Waals surface area contributed by atoms with E-state index in [9.17, 15) is 35.7 Å². The first-order valence-corrected chi connectivity index (χ1v) is 11.4. The third-order valence-electron chi connectivity index (χ3n) is 7.56. The Morgan fingerprint density at radius 1 is 0.742 bits per heavy atom. The maximum atomic E-state index is 10.5. The van der Waals surface area contributed by atoms with E-state index in [1.165, 1.54) is 0 Å². The average molecular weight is 449 g/mol. The fourth-order valence-electron chi connectivity index (χ4n) is 5.73. The van der Waals surface area contributed by atoms with Gasteiger partial charge < -0.3 is 50.0 Å². The Kier molecular flexibility index (Phi) is 7.54. The highest BCUT2D eigenvalue weighted by Gasteiger charge is 2.51. The van der Waals surface area contributed by atoms with E-state index < -0.39 is 61.7 Å². The van der Waals surface area contributed by atoms with E-state index in [1.807, 2.05) is 0 Å². The molecule has 2 heterocycles. The molecule has 2 aliphatic heterocycles. The van der Waals surface area contributed by atoms with Crippen molar-refractivity contribution in [2.24, 2.45) is 11.8 Å². The normalized spacial score (nSPS) is 53.7. The standard InChI is InChI=1S/C21H36O10/c22-8-16-17(26)18(27)19(28)21(31-16)30-15-7-12-13(25)5-11(24)6-14(12)29-20(15)9-1-3-10(23)4-2-9/h9-28H,1-8H2/t9?,10?,11?,12?,13?,14?,15?,16-,17-,18+,19-,20?,21-/m1/s1. The van der Waals surface area contributed by atoms with Crippen molar-refractivity contribution in [2.75, 3.05) is 6.61 Å². The topological polar surface area (TPSA) is 169 Å². The minimum absolute atomic E-state index is 0.0930. The third-order valence-corrected chi connectivity index (χ3v) is 7.56. The number of fused-ring (bicyclic) bond motifs is 1. The zero-order chi connectivity index (χ0) is 22.3. The van der Waals surface area contributed by atoms with Crippen LogP contribution < -0.4 is 0 Å². The molecule has 2 aliphatic carbocycles. The van der Waals surface area contributed by atoms with Crippen molar-refractivity contribution in [3.63, 3.8) is 0 Å². The van der Waals surface area contributed by atoms with Gasteiger partial charge in [-0.05, 0) is 50.9 Å². The molecular formula is C21H36O10. The molecule has 0 radical (unpaired) electrons. The lowest BCUT2D eigenvalue weighted by atomic mass is 9.73. The van der Waals surface area contributed by atoms with E-state index in [2.05, 4.69) is 0 Å². The van der Waals surface area contributed by atoms with E-state index in [0.29, 0.717) is 25.7 Å². The fraction of sp³-hybridized carbons (Fsp3) is 1.00. The molecule has 10 nitrogen and oxygen atoms in total. The summed E-state index contributed by atoms with van der Waals surface area (Å²) in [5, 5.41) is 70.5. The molecule has 4 rings (SSSR count). The van der Waals surface area contributed by atoms with Gasteiger partial charge in [0, 0.05) is 5.92 Å². The zero-order valence-corrected chi connectivity index (χ0v) is 17.5. The molecule has 0 aromatic rings. The molecule has 6 unspecified atom stereocenters. The predicted octanol–water partition coefficient (Wildman–Crippen LogP) is -1.99. The monoisotopic (exact) mass is 448 g/mol. The molecule has 0 bridgehead atoms. The van der Waals surface area contributed by atoms with Gasteiger partial charge in [-0.25, -0.2) is 0 Å². The Bertz CT molecular complexity index is 583. The molecule has 31 heavy (non-hydrogen) atoms. The van der Waals surface area contributed by atoms with Crippen molar-refractivity contribution >= 4 is 0 Å². The summed E-state index contributed by atoms with van der Waals surface area (Å²) < 4.78 is 18.0. The summed E-state index contributed by atoms with van der Waals surface area (Å²) >= 11 is 0. The summed E-state index contributed by atoms with van der Waals surface area (Å²) in [7, 11) is 0. The molecule has 2 saturated heterocycles. The summed E-state index contributed by atoms with van der Waals surface area (Å²) in [5.41, 5.74) is 0. The minimum Gasteiger partial charge on any atom is -0.394 e. The molecule has 11 atom stereocenters. The molecule has 10 heteroatoms. The number of hydrogen-bond acceptors (Lipinski definition) is 10. The highest BCUT2D eigenvalue weighted by atomic mass is 16.7. The summed E-state index contributed by atoms with van der Waals surface area (Å²) in [6.45, 7) is -0.544. The van der Waals surface area contributed by atoms with E-state index in [-0.39, 0.29) is 30.5 Å². The lowest BCUT2D eigenvalue weighted by molar-refractivity contribution is -0.332. The summed E-state index contributed by atoms with van der Waals surface area (Å²) in [5.74, 6) is -0.154. The van der Waals surface area contributed by atoms with Gasteiger partial charge in [-0.15, -0.1) is 0 Å². The smallest absolute Gasteiger partial charge is 0.187 e. The summed E-state index contributed by atoms with van der Waals surface area (Å²) in [4.78, 5) is 0. The molecule has 180 valence electrons. The lowest BCUT2D eigenvalue weighted by Crippen LogP contribution is -2.62. The maximum Gasteiger partial charge on any atom is 0.187 e. The molecule has 0 aromatic carbocycles. The molecule has 2 saturated carbocycles. The van der Waals surface area contributed by atoms with E-state index in [1.54, 1.807) is 0 Å². The van der Waals surface area contributed by atoms with Gasteiger partial charge in [0.25, 0.3) is 0 Å². The molecule has 0 aromatic heterocycles. The fourth-order valence-corrected chi connectivity index (χ4v) is 5.73. The Morgan fingerprint density at radius 3 is 2.13 bits per heavy atom. The van der Waals surface area contributed by atoms with E-state index in [4.69, 9.17) is 14.2 Å². The Labute approximate surface area is 181 Å². The van der Waals surface area contributed by atoms with Crippen LogP contribution in [0.3, 0.4) is 0 Å². The number of aliphatic hydroxyl groups excluding tert-OH is 7. The number of aliphatic hydroxyl groups is 7. The second kappa shape index (κ2) is 9.84. The van der Waals surface area contributed by atoms with E-state index >= 15 is 0 Å². The van der Waals surface area contributed by atoms with Crippen LogP contribution in [0.2, 0.25) is 0 Å². The number of rotatable bonds is 4. The van der Waals surface area contributed by atoms with Crippen LogP contribution in [0.1, 0.15) is 44.9 Å². The van der Waals surface area contributed by atoms with Crippen LogP contribution in [-0.4, -0.2) is 110 Å². The van der Waals surface area contributed by atoms with Gasteiger partial charge in [-0.2, -0.15) is 0 Å². The lowest BCUT2D eigenvalue weighted by Gasteiger charge is -2.50. The second-order valence-corrected chi connectivity index (χ2v) is 9.67. The van der Waals surface area contributed by atoms with Gasteiger partial charge in [0.1, 0.15) is 24.4 Å². The Morgan fingerprint density at radius 2 is 1.45 bits per heavy atom. The van der Waals surface area contributed by atoms with Crippen molar-refractivity contribution < 1.29 is 50.0 Å². The van der Waals surface area contributed by atoms with Gasteiger partial charge in [0.2, 0.25) is 0 Å². The van der Waals surface area contributed by atoms with Crippen molar-refractivity contribution in [1.82, 2.24) is 0 Å². The summed E-state index contributed by atoms with van der Waals surface area (Å²) in [6.07, 6.45) is -5.94. The maximum absolute atomic E-state index is 10.5. The number of ether oxygens (including phenoxy) is 3. The molecule has 4 fully saturated rings. The minimum atomic E-state index is -1.54. The molecule has 4 aliphatic rings. The SMILES string of the molecule is OC[C@H]1O[C@@H](OC2CC3C(O)CC(O)CC3OC2C2CCC(O)CC2)[C@H](O)[C@@H](O)[C@@H]1O. The van der Waals surface area contributed by atoms with E-state index in [0.717, 1.165) is 12.8 Å². The molecule has 7 N–H and O–H groups in total. The highest BCUT2D eigenvalue weighted by Crippen LogP contribution is 2.43. The predicted molar refractivity (Wildman–Crippen MR) is 105 cm³/mol. The van der Waals surface area contributed by atoms with Crippen molar-refractivity contribution in [2.45, 2.75) is 112 Å². The van der Waals surface area contributed by atoms with Crippen LogP contribution in [0.25, 0.3) is 0 Å². The quantitative estimate of drug-likeness (QED) is 0.256. The Hall–Kier alpha value is -0.400. The Balaban J connectivity index is 1.52. The third kappa shape index (κ3) is 4.93. The van der Waals surface area contributed by atoms with Crippen LogP contribution in [-0.2, 0) is 14.2 Å². The van der Waals surface area contributed by atoms with Crippen molar-refractivity contribution in [3.8, 4) is 0 Å². The molecule has 0 amide bonds. The molecule has 0 spiro atoms. The van der Waals surface area contributed by atoms with Gasteiger partial charge in [-0.3, -0.25) is 0 Å². The first-order chi connectivity index (χ1) is 14.8. The second-order valence-electron chi connectivity index (χ2n) is 9.67. The van der Waals surface area contributed by atoms with Gasteiger partial charge in [0.05, 0.1) is 43.2 Å². The van der Waals surface area contributed by atoms with Gasteiger partial charge in [-0.1, -0.05) is 0 Å². The first kappa shape index (κ1) is 23.7. The van der Waals surface area contributed by atoms with Crippen LogP contribution in [0.5, 0.6) is 0 Å². The van der Waals surface area contributed by atoms with Crippen LogP contribution in [0.4, 0.5) is 0 Å². The van der Waals surface area contributed by atoms with Gasteiger partial charge >= 0.3 is 0 Å². The zero-order valence-electron chi connectivity index (χ0n) is 17.5. The first-order valence-electron chi connectivity index (χ1n) is 11.4. The number of hydrogen-bond donors (Lipinski definition) is 7. The van der Waals surface area contributed by atoms with Crippen molar-refractivity contribution in [3.05, 3.63) is 0 Å². The van der Waals surface area contributed by atoms with Crippen LogP contribution in [0, 0.1) is 11.8 Å². The van der Waals surface area contributed by atoms with Crippen LogP contribution in [0.15, 0.2) is 0 Å².